The minimum absolute atomic E-state index is 0.174. The SMILES string of the molecule is CC1=C(C#N)C(c2ccccc2)C2=C(CCCC2=O)N1. The quantitative estimate of drug-likeness (QED) is 0.847. The van der Waals surface area contributed by atoms with Crippen molar-refractivity contribution >= 4 is 5.78 Å². The molecule has 0 bridgehead atoms. The summed E-state index contributed by atoms with van der Waals surface area (Å²) < 4.78 is 0. The molecule has 0 aromatic heterocycles. The molecular weight excluding hydrogens is 248 g/mol. The van der Waals surface area contributed by atoms with Gasteiger partial charge in [0, 0.05) is 23.4 Å². The lowest BCUT2D eigenvalue weighted by molar-refractivity contribution is -0.116. The van der Waals surface area contributed by atoms with Gasteiger partial charge >= 0.3 is 0 Å². The number of benzene rings is 1. The average Bonchev–Trinajstić information content (AvgIpc) is 2.47. The molecule has 1 aliphatic carbocycles. The highest BCUT2D eigenvalue weighted by Gasteiger charge is 2.35. The molecule has 0 saturated carbocycles. The highest BCUT2D eigenvalue weighted by Crippen LogP contribution is 2.41. The van der Waals surface area contributed by atoms with Gasteiger partial charge in [-0.15, -0.1) is 0 Å². The van der Waals surface area contributed by atoms with Gasteiger partial charge in [-0.05, 0) is 25.3 Å². The van der Waals surface area contributed by atoms with Crippen LogP contribution in [-0.4, -0.2) is 5.78 Å². The summed E-state index contributed by atoms with van der Waals surface area (Å²) in [6, 6.07) is 12.1. The second-order valence-corrected chi connectivity index (χ2v) is 5.29. The highest BCUT2D eigenvalue weighted by atomic mass is 16.1. The Morgan fingerprint density at radius 1 is 1.25 bits per heavy atom. The average molecular weight is 264 g/mol. The van der Waals surface area contributed by atoms with Crippen LogP contribution in [0.2, 0.25) is 0 Å². The first-order valence-electron chi connectivity index (χ1n) is 6.91. The van der Waals surface area contributed by atoms with Crippen molar-refractivity contribution in [3.05, 3.63) is 58.4 Å². The number of hydrogen-bond donors (Lipinski definition) is 1. The molecule has 20 heavy (non-hydrogen) atoms. The van der Waals surface area contributed by atoms with Crippen LogP contribution in [0, 0.1) is 11.3 Å². The molecule has 100 valence electrons. The van der Waals surface area contributed by atoms with Gasteiger partial charge < -0.3 is 5.32 Å². The predicted molar refractivity (Wildman–Crippen MR) is 76.5 cm³/mol. The summed E-state index contributed by atoms with van der Waals surface area (Å²) in [5.74, 6) is -0.0295. The molecule has 3 nitrogen and oxygen atoms in total. The topological polar surface area (TPSA) is 52.9 Å². The molecule has 1 aromatic carbocycles. The number of dihydropyridines is 1. The normalized spacial score (nSPS) is 22.2. The zero-order valence-electron chi connectivity index (χ0n) is 11.4. The lowest BCUT2D eigenvalue weighted by Crippen LogP contribution is -2.31. The minimum atomic E-state index is -0.203. The number of allylic oxidation sites excluding steroid dienone is 4. The number of rotatable bonds is 1. The largest absolute Gasteiger partial charge is 0.361 e. The Labute approximate surface area is 118 Å². The molecule has 1 heterocycles. The summed E-state index contributed by atoms with van der Waals surface area (Å²) in [5, 5.41) is 12.8. The first kappa shape index (κ1) is 12.7. The summed E-state index contributed by atoms with van der Waals surface area (Å²) in [6.07, 6.45) is 2.36. The predicted octanol–water partition coefficient (Wildman–Crippen LogP) is 3.18. The molecule has 0 radical (unpaired) electrons. The Kier molecular flexibility index (Phi) is 3.15. The Morgan fingerprint density at radius 2 is 2.00 bits per heavy atom. The number of nitrogens with one attached hydrogen (secondary N) is 1. The maximum Gasteiger partial charge on any atom is 0.161 e. The Morgan fingerprint density at radius 3 is 2.70 bits per heavy atom. The van der Waals surface area contributed by atoms with E-state index in [4.69, 9.17) is 0 Å². The summed E-state index contributed by atoms with van der Waals surface area (Å²) in [4.78, 5) is 12.4. The van der Waals surface area contributed by atoms with Crippen LogP contribution in [0.3, 0.4) is 0 Å². The monoisotopic (exact) mass is 264 g/mol. The molecule has 2 aliphatic rings. The van der Waals surface area contributed by atoms with Gasteiger partial charge in [-0.1, -0.05) is 30.3 Å². The van der Waals surface area contributed by atoms with E-state index in [0.717, 1.165) is 35.4 Å². The van der Waals surface area contributed by atoms with Crippen molar-refractivity contribution in [1.29, 1.82) is 5.26 Å². The molecule has 0 spiro atoms. The fourth-order valence-electron chi connectivity index (χ4n) is 3.11. The molecule has 1 aliphatic heterocycles. The Bertz CT molecular complexity index is 662. The van der Waals surface area contributed by atoms with E-state index in [-0.39, 0.29) is 11.7 Å². The van der Waals surface area contributed by atoms with Crippen molar-refractivity contribution in [2.24, 2.45) is 0 Å². The zero-order valence-corrected chi connectivity index (χ0v) is 11.4. The fraction of sp³-hybridized carbons (Fsp3) is 0.294. The summed E-state index contributed by atoms with van der Waals surface area (Å²) >= 11 is 0. The molecule has 3 heteroatoms. The van der Waals surface area contributed by atoms with Gasteiger partial charge in [0.1, 0.15) is 0 Å². The van der Waals surface area contributed by atoms with E-state index in [1.165, 1.54) is 0 Å². The molecule has 1 N–H and O–H groups in total. The van der Waals surface area contributed by atoms with Crippen molar-refractivity contribution in [1.82, 2.24) is 5.32 Å². The van der Waals surface area contributed by atoms with Crippen LogP contribution in [-0.2, 0) is 4.79 Å². The number of nitrogens with zero attached hydrogens (tertiary/aromatic N) is 1. The van der Waals surface area contributed by atoms with E-state index in [1.54, 1.807) is 0 Å². The molecule has 0 fully saturated rings. The molecule has 1 unspecified atom stereocenters. The lowest BCUT2D eigenvalue weighted by atomic mass is 9.76. The van der Waals surface area contributed by atoms with Gasteiger partial charge in [-0.3, -0.25) is 4.79 Å². The zero-order chi connectivity index (χ0) is 14.1. The van der Waals surface area contributed by atoms with Crippen LogP contribution >= 0.6 is 0 Å². The third-order valence-corrected chi connectivity index (χ3v) is 4.03. The van der Waals surface area contributed by atoms with E-state index in [2.05, 4.69) is 11.4 Å². The first-order valence-corrected chi connectivity index (χ1v) is 6.91. The second-order valence-electron chi connectivity index (χ2n) is 5.29. The third kappa shape index (κ3) is 1.94. The fourth-order valence-corrected chi connectivity index (χ4v) is 3.11. The smallest absolute Gasteiger partial charge is 0.161 e. The maximum absolute atomic E-state index is 12.4. The van der Waals surface area contributed by atoms with Crippen LogP contribution in [0.5, 0.6) is 0 Å². The van der Waals surface area contributed by atoms with Gasteiger partial charge in [-0.2, -0.15) is 5.26 Å². The summed E-state index contributed by atoms with van der Waals surface area (Å²) in [6.45, 7) is 1.91. The van der Waals surface area contributed by atoms with Crippen molar-refractivity contribution in [3.8, 4) is 6.07 Å². The molecule has 1 atom stereocenters. The molecule has 1 aromatic rings. The van der Waals surface area contributed by atoms with Crippen molar-refractivity contribution in [2.45, 2.75) is 32.1 Å². The second kappa shape index (κ2) is 4.97. The lowest BCUT2D eigenvalue weighted by Gasteiger charge is -2.32. The van der Waals surface area contributed by atoms with Gasteiger partial charge in [0.15, 0.2) is 5.78 Å². The third-order valence-electron chi connectivity index (χ3n) is 4.03. The van der Waals surface area contributed by atoms with Crippen LogP contribution < -0.4 is 5.32 Å². The van der Waals surface area contributed by atoms with Crippen LogP contribution in [0.25, 0.3) is 0 Å². The first-order chi connectivity index (χ1) is 9.72. The van der Waals surface area contributed by atoms with Gasteiger partial charge in [-0.25, -0.2) is 0 Å². The summed E-state index contributed by atoms with van der Waals surface area (Å²) in [5.41, 5.74) is 4.35. The van der Waals surface area contributed by atoms with Crippen LogP contribution in [0.1, 0.15) is 37.7 Å². The van der Waals surface area contributed by atoms with Gasteiger partial charge in [0.05, 0.1) is 17.6 Å². The standard InChI is InChI=1S/C17H16N2O/c1-11-13(10-18)16(12-6-3-2-4-7-12)17-14(19-11)8-5-9-15(17)20/h2-4,6-7,16,19H,5,8-9H2,1H3. The van der Waals surface area contributed by atoms with Crippen LogP contribution in [0.15, 0.2) is 52.9 Å². The van der Waals surface area contributed by atoms with E-state index in [1.807, 2.05) is 37.3 Å². The van der Waals surface area contributed by atoms with Gasteiger partial charge in [0.2, 0.25) is 0 Å². The maximum atomic E-state index is 12.4. The number of nitriles is 1. The van der Waals surface area contributed by atoms with E-state index < -0.39 is 0 Å². The minimum Gasteiger partial charge on any atom is -0.361 e. The molecular formula is C17H16N2O. The van der Waals surface area contributed by atoms with E-state index in [9.17, 15) is 10.1 Å². The number of carbonyl (C=O) groups is 1. The van der Waals surface area contributed by atoms with Gasteiger partial charge in [0.25, 0.3) is 0 Å². The number of ketones is 1. The number of hydrogen-bond acceptors (Lipinski definition) is 3. The molecule has 0 saturated heterocycles. The van der Waals surface area contributed by atoms with Crippen LogP contribution in [0.4, 0.5) is 0 Å². The molecule has 3 rings (SSSR count). The van der Waals surface area contributed by atoms with E-state index in [0.29, 0.717) is 12.0 Å². The van der Waals surface area contributed by atoms with Crippen molar-refractivity contribution in [3.63, 3.8) is 0 Å². The molecule has 0 amide bonds. The van der Waals surface area contributed by atoms with Crippen molar-refractivity contribution in [2.75, 3.05) is 0 Å². The highest BCUT2D eigenvalue weighted by molar-refractivity contribution is 5.99. The number of carbonyl (C=O) groups excluding carboxylic acids is 1. The number of Topliss-reactive ketones (excluding diaryl/α,β-unsaturated/α-hetero) is 1. The van der Waals surface area contributed by atoms with Crippen molar-refractivity contribution < 1.29 is 4.79 Å². The Hall–Kier alpha value is -2.34. The summed E-state index contributed by atoms with van der Waals surface area (Å²) in [7, 11) is 0. The Balaban J connectivity index is 2.18. The van der Waals surface area contributed by atoms with E-state index >= 15 is 0 Å².